The van der Waals surface area contributed by atoms with Gasteiger partial charge in [0.2, 0.25) is 0 Å². The minimum Gasteiger partial charge on any atom is -0.361 e. The summed E-state index contributed by atoms with van der Waals surface area (Å²) < 4.78 is 89.0. The molecule has 17 heteroatoms. The molecule has 1 N–H and O–H groups in total. The molecule has 4 heterocycles. The lowest BCUT2D eigenvalue weighted by atomic mass is 10.2. The molecular formula is C31H16Br4F6N4OS2. The topological polar surface area (TPSA) is 77.5 Å². The highest BCUT2D eigenvalue weighted by Gasteiger charge is 2.42. The first-order valence-electron chi connectivity index (χ1n) is 13.4. The maximum atomic E-state index is 13.7. The maximum absolute atomic E-state index is 13.7. The van der Waals surface area contributed by atoms with Crippen LogP contribution in [0.2, 0.25) is 0 Å². The molecule has 48 heavy (non-hydrogen) atoms. The van der Waals surface area contributed by atoms with Crippen LogP contribution in [0.1, 0.15) is 29.4 Å². The van der Waals surface area contributed by atoms with Crippen LogP contribution in [0.3, 0.4) is 0 Å². The Bertz CT molecular complexity index is 2250. The van der Waals surface area contributed by atoms with Crippen LogP contribution in [0, 0.1) is 22.7 Å². The van der Waals surface area contributed by atoms with Crippen molar-refractivity contribution in [1.82, 2.24) is 9.55 Å². The number of rotatable bonds is 5. The fourth-order valence-electron chi connectivity index (χ4n) is 4.80. The van der Waals surface area contributed by atoms with Crippen molar-refractivity contribution in [3.63, 3.8) is 0 Å². The Kier molecular flexibility index (Phi) is 10.9. The van der Waals surface area contributed by atoms with Crippen molar-refractivity contribution in [2.75, 3.05) is 6.61 Å². The quantitative estimate of drug-likeness (QED) is 0.175. The second-order valence-corrected chi connectivity index (χ2v) is 15.0. The van der Waals surface area contributed by atoms with Crippen LogP contribution in [0.15, 0.2) is 66.4 Å². The average Bonchev–Trinajstić information content (AvgIpc) is 3.74. The molecule has 0 saturated carbocycles. The first kappa shape index (κ1) is 36.6. The second kappa shape index (κ2) is 14.3. The lowest BCUT2D eigenvalue weighted by Crippen LogP contribution is -2.16. The first-order valence-corrected chi connectivity index (χ1v) is 18.2. The van der Waals surface area contributed by atoms with E-state index in [1.165, 1.54) is 22.7 Å². The van der Waals surface area contributed by atoms with Gasteiger partial charge in [0.05, 0.1) is 41.2 Å². The molecule has 0 radical (unpaired) electrons. The van der Waals surface area contributed by atoms with Gasteiger partial charge in [0.25, 0.3) is 0 Å². The molecule has 6 aromatic rings. The summed E-state index contributed by atoms with van der Waals surface area (Å²) in [4.78, 5) is 3.46. The number of alkyl halides is 6. The van der Waals surface area contributed by atoms with Crippen molar-refractivity contribution in [2.45, 2.75) is 26.0 Å². The Hall–Kier alpha value is -2.64. The highest BCUT2D eigenvalue weighted by atomic mass is 79.9. The van der Waals surface area contributed by atoms with Crippen LogP contribution < -0.4 is 0 Å². The van der Waals surface area contributed by atoms with Crippen molar-refractivity contribution >= 4 is 107 Å². The number of aromatic nitrogens is 2. The molecule has 0 aliphatic carbocycles. The Morgan fingerprint density at radius 2 is 1.27 bits per heavy atom. The highest BCUT2D eigenvalue weighted by molar-refractivity contribution is 9.11. The van der Waals surface area contributed by atoms with Gasteiger partial charge in [-0.2, -0.15) is 36.9 Å². The van der Waals surface area contributed by atoms with Crippen molar-refractivity contribution in [3.05, 3.63) is 88.9 Å². The standard InChI is InChI=1S/C17H11Br2F3N2OS.C14H5Br2F3N2S/c1-2-25-8-24-14(10(7-23)13(19)16(24)17(20,21)22)15-12(18)9-5-3-4-6-11(9)26-15;15-9-6-3-1-2-4-8(6)22-12(9)11-7(5-20)10(16)13(21-11)14(17,18)19/h3-6H,2,8H2,1H3;1-4,21H. The summed E-state index contributed by atoms with van der Waals surface area (Å²) in [5.41, 5.74) is -1.66. The summed E-state index contributed by atoms with van der Waals surface area (Å²) in [7, 11) is 0. The number of aromatic amines is 1. The molecule has 5 nitrogen and oxygen atoms in total. The van der Waals surface area contributed by atoms with Gasteiger partial charge in [-0.1, -0.05) is 36.4 Å². The molecule has 0 atom stereocenters. The number of nitrogens with zero attached hydrogens (tertiary/aromatic N) is 3. The van der Waals surface area contributed by atoms with E-state index in [0.29, 0.717) is 18.7 Å². The molecule has 0 amide bonds. The van der Waals surface area contributed by atoms with E-state index in [4.69, 9.17) is 4.74 Å². The fraction of sp³-hybridized carbons (Fsp3) is 0.161. The number of H-pyrrole nitrogens is 1. The Balaban J connectivity index is 0.000000190. The number of fused-ring (bicyclic) bond motifs is 2. The zero-order chi connectivity index (χ0) is 35.1. The van der Waals surface area contributed by atoms with E-state index in [1.807, 2.05) is 60.7 Å². The van der Waals surface area contributed by atoms with Crippen LogP contribution >= 0.6 is 86.4 Å². The molecule has 0 bridgehead atoms. The van der Waals surface area contributed by atoms with Crippen LogP contribution in [0.4, 0.5) is 26.3 Å². The monoisotopic (exact) mass is 954 g/mol. The van der Waals surface area contributed by atoms with E-state index in [9.17, 15) is 36.9 Å². The average molecular weight is 958 g/mol. The summed E-state index contributed by atoms with van der Waals surface area (Å²) in [6.07, 6.45) is -9.20. The SMILES string of the molecule is CCOCn1c(-c2sc3ccccc3c2Br)c(C#N)c(Br)c1C(F)(F)F.N#Cc1c(-c2sc3ccccc3c2Br)[nH]c(C(F)(F)F)c1Br. The molecule has 0 saturated heterocycles. The molecule has 0 aliphatic rings. The highest BCUT2D eigenvalue weighted by Crippen LogP contribution is 2.49. The number of hydrogen-bond acceptors (Lipinski definition) is 5. The molecular weight excluding hydrogens is 942 g/mol. The maximum Gasteiger partial charge on any atom is 0.432 e. The van der Waals surface area contributed by atoms with E-state index in [2.05, 4.69) is 68.7 Å². The zero-order valence-electron chi connectivity index (χ0n) is 23.9. The Morgan fingerprint density at radius 3 is 1.75 bits per heavy atom. The summed E-state index contributed by atoms with van der Waals surface area (Å²) >= 11 is 15.4. The molecule has 6 rings (SSSR count). The van der Waals surface area contributed by atoms with Crippen LogP contribution in [-0.2, 0) is 23.8 Å². The fourth-order valence-corrected chi connectivity index (χ4v) is 10.2. The lowest BCUT2D eigenvalue weighted by molar-refractivity contribution is -0.146. The molecule has 2 aromatic carbocycles. The predicted molar refractivity (Wildman–Crippen MR) is 189 cm³/mol. The molecule has 4 aromatic heterocycles. The third-order valence-electron chi connectivity index (χ3n) is 6.86. The lowest BCUT2D eigenvalue weighted by Gasteiger charge is -2.15. The van der Waals surface area contributed by atoms with Gasteiger partial charge in [0.15, 0.2) is 0 Å². The molecule has 0 unspecified atom stereocenters. The van der Waals surface area contributed by atoms with Crippen molar-refractivity contribution in [1.29, 1.82) is 10.5 Å². The summed E-state index contributed by atoms with van der Waals surface area (Å²) in [5, 5.41) is 20.5. The number of hydrogen-bond donors (Lipinski definition) is 1. The second-order valence-electron chi connectivity index (χ2n) is 9.70. The summed E-state index contributed by atoms with van der Waals surface area (Å²) in [6, 6.07) is 18.7. The van der Waals surface area contributed by atoms with Crippen molar-refractivity contribution < 1.29 is 31.1 Å². The van der Waals surface area contributed by atoms with Gasteiger partial charge < -0.3 is 14.3 Å². The van der Waals surface area contributed by atoms with E-state index < -0.39 is 23.7 Å². The Morgan fingerprint density at radius 1 is 0.750 bits per heavy atom. The summed E-state index contributed by atoms with van der Waals surface area (Å²) in [6.45, 7) is 1.65. The number of nitrogens with one attached hydrogen (secondary N) is 1. The molecule has 0 fully saturated rings. The number of nitriles is 2. The van der Waals surface area contributed by atoms with Gasteiger partial charge in [-0.25, -0.2) is 0 Å². The van der Waals surface area contributed by atoms with Gasteiger partial charge in [-0.05, 0) is 82.8 Å². The van der Waals surface area contributed by atoms with Gasteiger partial charge in [-0.3, -0.25) is 0 Å². The largest absolute Gasteiger partial charge is 0.432 e. The number of benzene rings is 2. The zero-order valence-corrected chi connectivity index (χ0v) is 31.9. The van der Waals surface area contributed by atoms with E-state index in [-0.39, 0.29) is 44.8 Å². The van der Waals surface area contributed by atoms with Crippen LogP contribution in [-0.4, -0.2) is 16.2 Å². The van der Waals surface area contributed by atoms with Gasteiger partial charge in [-0.15, -0.1) is 22.7 Å². The molecule has 248 valence electrons. The summed E-state index contributed by atoms with van der Waals surface area (Å²) in [5.74, 6) is 0. The number of ether oxygens (including phenoxy) is 1. The van der Waals surface area contributed by atoms with Gasteiger partial charge in [0, 0.05) is 35.7 Å². The normalized spacial score (nSPS) is 11.9. The molecule has 0 spiro atoms. The van der Waals surface area contributed by atoms with Gasteiger partial charge in [0.1, 0.15) is 30.3 Å². The van der Waals surface area contributed by atoms with E-state index in [1.54, 1.807) is 6.92 Å². The van der Waals surface area contributed by atoms with Crippen molar-refractivity contribution in [3.8, 4) is 33.3 Å². The van der Waals surface area contributed by atoms with E-state index in [0.717, 1.165) is 24.7 Å². The molecule has 0 aliphatic heterocycles. The van der Waals surface area contributed by atoms with Gasteiger partial charge >= 0.3 is 12.4 Å². The Labute approximate surface area is 310 Å². The van der Waals surface area contributed by atoms with Crippen LogP contribution in [0.25, 0.3) is 41.3 Å². The first-order chi connectivity index (χ1) is 22.6. The van der Waals surface area contributed by atoms with Crippen molar-refractivity contribution in [2.24, 2.45) is 0 Å². The predicted octanol–water partition coefficient (Wildman–Crippen LogP) is 13.1. The smallest absolute Gasteiger partial charge is 0.361 e. The van der Waals surface area contributed by atoms with Crippen LogP contribution in [0.5, 0.6) is 0 Å². The third kappa shape index (κ3) is 6.75. The third-order valence-corrected chi connectivity index (χ3v) is 13.0. The number of thiophene rings is 2. The minimum absolute atomic E-state index is 0.0559. The minimum atomic E-state index is -4.64. The van der Waals surface area contributed by atoms with E-state index >= 15 is 0 Å². The number of halogens is 10.